The van der Waals surface area contributed by atoms with Gasteiger partial charge in [-0.3, -0.25) is 4.79 Å². The van der Waals surface area contributed by atoms with E-state index in [4.69, 9.17) is 4.74 Å². The molecule has 2 atom stereocenters. The SMILES string of the molecule is Cc1cc(C(C)N2Cc3c(ccnc3NC(C)O)C2=O)cnc1OCC(F)F. The van der Waals surface area contributed by atoms with E-state index in [9.17, 15) is 18.7 Å². The topological polar surface area (TPSA) is 87.6 Å². The van der Waals surface area contributed by atoms with Gasteiger partial charge in [-0.05, 0) is 38.5 Å². The molecule has 0 aliphatic carbocycles. The molecule has 7 nitrogen and oxygen atoms in total. The number of aryl methyl sites for hydroxylation is 1. The minimum Gasteiger partial charge on any atom is -0.471 e. The Morgan fingerprint density at radius 3 is 2.75 bits per heavy atom. The summed E-state index contributed by atoms with van der Waals surface area (Å²) in [6, 6.07) is 3.14. The molecule has 28 heavy (non-hydrogen) atoms. The van der Waals surface area contributed by atoms with Gasteiger partial charge in [-0.2, -0.15) is 0 Å². The van der Waals surface area contributed by atoms with Crippen LogP contribution >= 0.6 is 0 Å². The molecule has 2 aromatic heterocycles. The number of alkyl halides is 2. The second kappa shape index (κ2) is 8.05. The van der Waals surface area contributed by atoms with Gasteiger partial charge < -0.3 is 20.1 Å². The average Bonchev–Trinajstić information content (AvgIpc) is 2.97. The van der Waals surface area contributed by atoms with Gasteiger partial charge in [-0.25, -0.2) is 18.7 Å². The normalized spacial score (nSPS) is 15.5. The molecular formula is C19H22F2N4O3. The van der Waals surface area contributed by atoms with Gasteiger partial charge >= 0.3 is 0 Å². The van der Waals surface area contributed by atoms with Crippen molar-refractivity contribution in [2.24, 2.45) is 0 Å². The van der Waals surface area contributed by atoms with E-state index in [0.29, 0.717) is 23.5 Å². The van der Waals surface area contributed by atoms with Crippen LogP contribution in [0.2, 0.25) is 0 Å². The number of pyridine rings is 2. The summed E-state index contributed by atoms with van der Waals surface area (Å²) in [5, 5.41) is 12.4. The smallest absolute Gasteiger partial charge is 0.272 e. The Morgan fingerprint density at radius 2 is 2.11 bits per heavy atom. The van der Waals surface area contributed by atoms with E-state index >= 15 is 0 Å². The highest BCUT2D eigenvalue weighted by molar-refractivity contribution is 5.99. The van der Waals surface area contributed by atoms with Crippen LogP contribution in [0.5, 0.6) is 5.88 Å². The number of carbonyl (C=O) groups is 1. The maximum Gasteiger partial charge on any atom is 0.272 e. The van der Waals surface area contributed by atoms with Crippen LogP contribution in [0, 0.1) is 6.92 Å². The molecule has 0 aromatic carbocycles. The van der Waals surface area contributed by atoms with Crippen molar-refractivity contribution >= 4 is 11.7 Å². The van der Waals surface area contributed by atoms with Crippen LogP contribution in [-0.2, 0) is 6.54 Å². The van der Waals surface area contributed by atoms with Gasteiger partial charge in [0.1, 0.15) is 12.0 Å². The number of halogens is 2. The third-order valence-corrected chi connectivity index (χ3v) is 4.57. The lowest BCUT2D eigenvalue weighted by Crippen LogP contribution is -2.27. The molecule has 9 heteroatoms. The van der Waals surface area contributed by atoms with Crippen LogP contribution in [0.1, 0.15) is 46.9 Å². The minimum atomic E-state index is -2.57. The fraction of sp³-hybridized carbons (Fsp3) is 0.421. The summed E-state index contributed by atoms with van der Waals surface area (Å²) in [6.07, 6.45) is -0.315. The van der Waals surface area contributed by atoms with Crippen molar-refractivity contribution in [2.45, 2.75) is 46.0 Å². The van der Waals surface area contributed by atoms with Crippen LogP contribution in [0.25, 0.3) is 0 Å². The quantitative estimate of drug-likeness (QED) is 0.705. The molecule has 2 aromatic rings. The second-order valence-electron chi connectivity index (χ2n) is 6.71. The summed E-state index contributed by atoms with van der Waals surface area (Å²) < 4.78 is 29.7. The average molecular weight is 392 g/mol. The van der Waals surface area contributed by atoms with Gasteiger partial charge in [0.05, 0.1) is 12.6 Å². The first kappa shape index (κ1) is 19.9. The summed E-state index contributed by atoms with van der Waals surface area (Å²) in [6.45, 7) is 4.79. The largest absolute Gasteiger partial charge is 0.471 e. The predicted octanol–water partition coefficient (Wildman–Crippen LogP) is 2.90. The van der Waals surface area contributed by atoms with Gasteiger partial charge in [0, 0.05) is 29.1 Å². The zero-order valence-electron chi connectivity index (χ0n) is 15.8. The molecular weight excluding hydrogens is 370 g/mol. The molecule has 2 unspecified atom stereocenters. The Labute approximate surface area is 161 Å². The number of rotatable bonds is 7. The zero-order valence-corrected chi connectivity index (χ0v) is 15.8. The number of amides is 1. The third-order valence-electron chi connectivity index (χ3n) is 4.57. The Morgan fingerprint density at radius 1 is 1.36 bits per heavy atom. The summed E-state index contributed by atoms with van der Waals surface area (Å²) in [7, 11) is 0. The number of nitrogens with one attached hydrogen (secondary N) is 1. The van der Waals surface area contributed by atoms with Crippen LogP contribution in [0.4, 0.5) is 14.6 Å². The highest BCUT2D eigenvalue weighted by Crippen LogP contribution is 2.34. The van der Waals surface area contributed by atoms with E-state index in [1.54, 1.807) is 30.9 Å². The maximum atomic E-state index is 12.9. The van der Waals surface area contributed by atoms with Crippen molar-refractivity contribution in [1.29, 1.82) is 0 Å². The first-order valence-corrected chi connectivity index (χ1v) is 8.89. The summed E-state index contributed by atoms with van der Waals surface area (Å²) in [4.78, 5) is 22.9. The molecule has 0 saturated carbocycles. The third kappa shape index (κ3) is 4.04. The molecule has 0 fully saturated rings. The van der Waals surface area contributed by atoms with Gasteiger partial charge in [0.25, 0.3) is 12.3 Å². The van der Waals surface area contributed by atoms with Gasteiger partial charge in [0.15, 0.2) is 6.61 Å². The fourth-order valence-electron chi connectivity index (χ4n) is 3.17. The molecule has 1 aliphatic heterocycles. The summed E-state index contributed by atoms with van der Waals surface area (Å²) in [5.41, 5.74) is 2.64. The number of nitrogens with zero attached hydrogens (tertiary/aromatic N) is 3. The van der Waals surface area contributed by atoms with Crippen molar-refractivity contribution in [3.8, 4) is 5.88 Å². The number of hydrogen-bond acceptors (Lipinski definition) is 6. The lowest BCUT2D eigenvalue weighted by atomic mass is 10.1. The standard InChI is InChI=1S/C19H22F2N4O3/c1-10-6-13(7-23-18(10)28-9-16(20)21)11(2)25-8-15-14(19(25)27)4-5-22-17(15)24-12(3)26/h4-7,11-12,16,26H,8-9H2,1-3H3,(H,22,24). The molecule has 3 heterocycles. The number of anilines is 1. The molecule has 1 amide bonds. The van der Waals surface area contributed by atoms with E-state index in [2.05, 4.69) is 15.3 Å². The van der Waals surface area contributed by atoms with Crippen LogP contribution in [0.3, 0.4) is 0 Å². The maximum absolute atomic E-state index is 12.9. The summed E-state index contributed by atoms with van der Waals surface area (Å²) >= 11 is 0. The number of aliphatic hydroxyl groups excluding tert-OH is 1. The van der Waals surface area contributed by atoms with Gasteiger partial charge in [0.2, 0.25) is 5.88 Å². The lowest BCUT2D eigenvalue weighted by Gasteiger charge is -2.25. The lowest BCUT2D eigenvalue weighted by molar-refractivity contribution is 0.0713. The van der Waals surface area contributed by atoms with E-state index in [-0.39, 0.29) is 17.8 Å². The highest BCUT2D eigenvalue weighted by atomic mass is 19.3. The molecule has 1 aliphatic rings. The van der Waals surface area contributed by atoms with Crippen molar-refractivity contribution < 1.29 is 23.4 Å². The van der Waals surface area contributed by atoms with Crippen molar-refractivity contribution in [1.82, 2.24) is 14.9 Å². The fourth-order valence-corrected chi connectivity index (χ4v) is 3.17. The summed E-state index contributed by atoms with van der Waals surface area (Å²) in [5.74, 6) is 0.481. The monoisotopic (exact) mass is 392 g/mol. The molecule has 3 rings (SSSR count). The zero-order chi connectivity index (χ0) is 20.4. The van der Waals surface area contributed by atoms with Crippen molar-refractivity contribution in [3.05, 3.63) is 46.8 Å². The number of ether oxygens (including phenoxy) is 1. The Balaban J connectivity index is 1.81. The molecule has 0 radical (unpaired) electrons. The van der Waals surface area contributed by atoms with E-state index in [1.165, 1.54) is 12.4 Å². The molecule has 0 spiro atoms. The van der Waals surface area contributed by atoms with Gasteiger partial charge in [-0.1, -0.05) is 0 Å². The first-order valence-electron chi connectivity index (χ1n) is 8.89. The molecule has 2 N–H and O–H groups in total. The Kier molecular flexibility index (Phi) is 5.73. The van der Waals surface area contributed by atoms with E-state index < -0.39 is 19.3 Å². The number of carbonyl (C=O) groups excluding carboxylic acids is 1. The highest BCUT2D eigenvalue weighted by Gasteiger charge is 2.34. The number of aromatic nitrogens is 2. The van der Waals surface area contributed by atoms with E-state index in [0.717, 1.165) is 11.1 Å². The van der Waals surface area contributed by atoms with E-state index in [1.807, 2.05) is 6.92 Å². The first-order chi connectivity index (χ1) is 13.3. The molecule has 150 valence electrons. The van der Waals surface area contributed by atoms with Crippen molar-refractivity contribution in [2.75, 3.05) is 11.9 Å². The number of hydrogen-bond donors (Lipinski definition) is 2. The van der Waals surface area contributed by atoms with Crippen LogP contribution in [-0.4, -0.2) is 45.1 Å². The van der Waals surface area contributed by atoms with Crippen LogP contribution < -0.4 is 10.1 Å². The van der Waals surface area contributed by atoms with Gasteiger partial charge in [-0.15, -0.1) is 0 Å². The second-order valence-corrected chi connectivity index (χ2v) is 6.71. The molecule has 0 bridgehead atoms. The predicted molar refractivity (Wildman–Crippen MR) is 98.3 cm³/mol. The minimum absolute atomic E-state index is 0.144. The number of aliphatic hydroxyl groups is 1. The Bertz CT molecular complexity index is 876. The van der Waals surface area contributed by atoms with Crippen molar-refractivity contribution in [3.63, 3.8) is 0 Å². The molecule has 0 saturated heterocycles. The Hall–Kier alpha value is -2.81. The number of fused-ring (bicyclic) bond motifs is 1. The van der Waals surface area contributed by atoms with Crippen LogP contribution in [0.15, 0.2) is 24.5 Å².